The highest BCUT2D eigenvalue weighted by Crippen LogP contribution is 2.44. The van der Waals surface area contributed by atoms with Gasteiger partial charge in [0.1, 0.15) is 5.60 Å². The van der Waals surface area contributed by atoms with Gasteiger partial charge in [-0.15, -0.1) is 0 Å². The Morgan fingerprint density at radius 2 is 2.12 bits per heavy atom. The second kappa shape index (κ2) is 4.97. The van der Waals surface area contributed by atoms with Crippen LogP contribution in [0.2, 0.25) is 0 Å². The highest BCUT2D eigenvalue weighted by molar-refractivity contribution is 5.76. The Hall–Kier alpha value is -0.570. The van der Waals surface area contributed by atoms with Crippen molar-refractivity contribution in [1.29, 1.82) is 0 Å². The van der Waals surface area contributed by atoms with E-state index >= 15 is 0 Å². The van der Waals surface area contributed by atoms with E-state index in [0.29, 0.717) is 12.0 Å². The van der Waals surface area contributed by atoms with Crippen molar-refractivity contribution in [1.82, 2.24) is 5.32 Å². The van der Waals surface area contributed by atoms with Crippen molar-refractivity contribution in [2.24, 2.45) is 11.8 Å². The van der Waals surface area contributed by atoms with Crippen molar-refractivity contribution in [3.05, 3.63) is 0 Å². The van der Waals surface area contributed by atoms with Gasteiger partial charge in [-0.1, -0.05) is 6.42 Å². The molecular weight excluding hydrogens is 214 g/mol. The van der Waals surface area contributed by atoms with Gasteiger partial charge in [0.15, 0.2) is 0 Å². The largest absolute Gasteiger partial charge is 0.460 e. The van der Waals surface area contributed by atoms with Crippen molar-refractivity contribution in [3.63, 3.8) is 0 Å². The monoisotopic (exact) mass is 239 g/mol. The molecule has 3 nitrogen and oxygen atoms in total. The van der Waals surface area contributed by atoms with Crippen LogP contribution in [0.3, 0.4) is 0 Å². The van der Waals surface area contributed by atoms with Gasteiger partial charge in [0.25, 0.3) is 0 Å². The summed E-state index contributed by atoms with van der Waals surface area (Å²) < 4.78 is 5.42. The summed E-state index contributed by atoms with van der Waals surface area (Å²) in [6.45, 7) is 6.95. The second-order valence-electron chi connectivity index (χ2n) is 6.52. The van der Waals surface area contributed by atoms with Crippen LogP contribution in [0.15, 0.2) is 0 Å². The number of ether oxygens (including phenoxy) is 1. The standard InChI is InChI=1S/C14H25NO2/c1-14(2,3)17-13(16)12-9-10(12)8-11-6-4-5-7-15-11/h10-12,15H,4-9H2,1-3H3/t10-,11?,12-/m1/s1. The summed E-state index contributed by atoms with van der Waals surface area (Å²) in [5, 5.41) is 3.55. The zero-order valence-corrected chi connectivity index (χ0v) is 11.3. The third-order valence-corrected chi connectivity index (χ3v) is 3.63. The van der Waals surface area contributed by atoms with Gasteiger partial charge in [-0.05, 0) is 58.9 Å². The molecule has 3 heteroatoms. The first kappa shape index (κ1) is 12.9. The lowest BCUT2D eigenvalue weighted by atomic mass is 9.99. The Labute approximate surface area is 104 Å². The predicted octanol–water partition coefficient (Wildman–Crippen LogP) is 2.50. The Balaban J connectivity index is 1.71. The van der Waals surface area contributed by atoms with Crippen LogP contribution in [0.4, 0.5) is 0 Å². The molecule has 1 saturated carbocycles. The van der Waals surface area contributed by atoms with E-state index in [0.717, 1.165) is 19.4 Å². The van der Waals surface area contributed by atoms with Crippen molar-refractivity contribution < 1.29 is 9.53 Å². The first-order chi connectivity index (χ1) is 7.96. The lowest BCUT2D eigenvalue weighted by Gasteiger charge is -2.23. The highest BCUT2D eigenvalue weighted by atomic mass is 16.6. The topological polar surface area (TPSA) is 38.3 Å². The average molecular weight is 239 g/mol. The van der Waals surface area contributed by atoms with Gasteiger partial charge >= 0.3 is 5.97 Å². The van der Waals surface area contributed by atoms with E-state index in [4.69, 9.17) is 4.74 Å². The van der Waals surface area contributed by atoms with Gasteiger partial charge in [-0.2, -0.15) is 0 Å². The normalized spacial score (nSPS) is 33.2. The molecule has 3 atom stereocenters. The van der Waals surface area contributed by atoms with Crippen LogP contribution < -0.4 is 5.32 Å². The maximum atomic E-state index is 11.8. The van der Waals surface area contributed by atoms with Crippen LogP contribution in [0.1, 0.15) is 52.9 Å². The number of esters is 1. The minimum absolute atomic E-state index is 0.0123. The number of hydrogen-bond donors (Lipinski definition) is 1. The molecule has 0 aromatic heterocycles. The number of carbonyl (C=O) groups is 1. The molecule has 98 valence electrons. The number of carbonyl (C=O) groups excluding carboxylic acids is 1. The molecule has 2 rings (SSSR count). The smallest absolute Gasteiger partial charge is 0.309 e. The fourth-order valence-corrected chi connectivity index (χ4v) is 2.66. The minimum atomic E-state index is -0.340. The summed E-state index contributed by atoms with van der Waals surface area (Å²) >= 11 is 0. The minimum Gasteiger partial charge on any atom is -0.460 e. The third-order valence-electron chi connectivity index (χ3n) is 3.63. The molecule has 0 amide bonds. The van der Waals surface area contributed by atoms with Crippen LogP contribution in [-0.2, 0) is 9.53 Å². The number of rotatable bonds is 3. The lowest BCUT2D eigenvalue weighted by Crippen LogP contribution is -2.34. The number of piperidine rings is 1. The number of nitrogens with one attached hydrogen (secondary N) is 1. The van der Waals surface area contributed by atoms with Crippen LogP contribution in [0.25, 0.3) is 0 Å². The first-order valence-corrected chi connectivity index (χ1v) is 6.92. The maximum absolute atomic E-state index is 11.8. The molecule has 0 spiro atoms. The Bertz CT molecular complexity index is 276. The molecule has 0 aromatic rings. The van der Waals surface area contributed by atoms with Gasteiger partial charge in [0.2, 0.25) is 0 Å². The van der Waals surface area contributed by atoms with Gasteiger partial charge in [-0.3, -0.25) is 4.79 Å². The molecule has 0 aromatic carbocycles. The quantitative estimate of drug-likeness (QED) is 0.769. The summed E-state index contributed by atoms with van der Waals surface area (Å²) in [5.74, 6) is 0.761. The van der Waals surface area contributed by atoms with E-state index in [-0.39, 0.29) is 17.5 Å². The summed E-state index contributed by atoms with van der Waals surface area (Å²) in [5.41, 5.74) is -0.340. The van der Waals surface area contributed by atoms with Gasteiger partial charge < -0.3 is 10.1 Å². The van der Waals surface area contributed by atoms with E-state index in [2.05, 4.69) is 5.32 Å². The molecule has 1 saturated heterocycles. The van der Waals surface area contributed by atoms with E-state index in [1.807, 2.05) is 20.8 Å². The lowest BCUT2D eigenvalue weighted by molar-refractivity contribution is -0.156. The molecule has 2 aliphatic rings. The fraction of sp³-hybridized carbons (Fsp3) is 0.929. The van der Waals surface area contributed by atoms with Gasteiger partial charge in [0.05, 0.1) is 5.92 Å². The molecule has 17 heavy (non-hydrogen) atoms. The van der Waals surface area contributed by atoms with Gasteiger partial charge in [-0.25, -0.2) is 0 Å². The SMILES string of the molecule is CC(C)(C)OC(=O)[C@@H]1C[C@H]1CC1CCCCN1. The molecule has 1 unspecified atom stereocenters. The van der Waals surface area contributed by atoms with Crippen LogP contribution >= 0.6 is 0 Å². The van der Waals surface area contributed by atoms with E-state index < -0.39 is 0 Å². The first-order valence-electron chi connectivity index (χ1n) is 6.92. The third kappa shape index (κ3) is 3.98. The van der Waals surface area contributed by atoms with E-state index in [1.54, 1.807) is 0 Å². The fourth-order valence-electron chi connectivity index (χ4n) is 2.66. The summed E-state index contributed by atoms with van der Waals surface area (Å²) in [6, 6.07) is 0.640. The van der Waals surface area contributed by atoms with Gasteiger partial charge in [0, 0.05) is 6.04 Å². The maximum Gasteiger partial charge on any atom is 0.309 e. The Kier molecular flexibility index (Phi) is 3.76. The predicted molar refractivity (Wildman–Crippen MR) is 67.7 cm³/mol. The highest BCUT2D eigenvalue weighted by Gasteiger charge is 2.45. The van der Waals surface area contributed by atoms with E-state index in [1.165, 1.54) is 19.3 Å². The van der Waals surface area contributed by atoms with Crippen molar-refractivity contribution in [3.8, 4) is 0 Å². The van der Waals surface area contributed by atoms with Crippen molar-refractivity contribution in [2.75, 3.05) is 6.54 Å². The molecular formula is C14H25NO2. The van der Waals surface area contributed by atoms with Crippen LogP contribution in [0, 0.1) is 11.8 Å². The number of hydrogen-bond acceptors (Lipinski definition) is 3. The Morgan fingerprint density at radius 3 is 2.71 bits per heavy atom. The summed E-state index contributed by atoms with van der Waals surface area (Å²) in [4.78, 5) is 11.8. The van der Waals surface area contributed by atoms with E-state index in [9.17, 15) is 4.79 Å². The molecule has 1 N–H and O–H groups in total. The Morgan fingerprint density at radius 1 is 1.35 bits per heavy atom. The zero-order chi connectivity index (χ0) is 12.5. The van der Waals surface area contributed by atoms with Crippen LogP contribution in [0.5, 0.6) is 0 Å². The van der Waals surface area contributed by atoms with Crippen molar-refractivity contribution in [2.45, 2.75) is 64.5 Å². The summed E-state index contributed by atoms with van der Waals surface area (Å²) in [6.07, 6.45) is 6.10. The summed E-state index contributed by atoms with van der Waals surface area (Å²) in [7, 11) is 0. The molecule has 1 aliphatic heterocycles. The molecule has 1 heterocycles. The molecule has 0 bridgehead atoms. The average Bonchev–Trinajstić information content (AvgIpc) is 2.96. The van der Waals surface area contributed by atoms with Crippen molar-refractivity contribution >= 4 is 5.97 Å². The molecule has 2 fully saturated rings. The zero-order valence-electron chi connectivity index (χ0n) is 11.3. The van der Waals surface area contributed by atoms with Crippen LogP contribution in [-0.4, -0.2) is 24.2 Å². The molecule has 0 radical (unpaired) electrons. The molecule has 1 aliphatic carbocycles. The second-order valence-corrected chi connectivity index (χ2v) is 6.52.